The van der Waals surface area contributed by atoms with Gasteiger partial charge in [0, 0.05) is 22.6 Å². The van der Waals surface area contributed by atoms with E-state index in [4.69, 9.17) is 8.94 Å². The van der Waals surface area contributed by atoms with Gasteiger partial charge in [-0.3, -0.25) is 4.79 Å². The first-order valence-electron chi connectivity index (χ1n) is 8.47. The van der Waals surface area contributed by atoms with Crippen LogP contribution in [0.15, 0.2) is 62.4 Å². The molecule has 0 aliphatic carbocycles. The van der Waals surface area contributed by atoms with E-state index in [9.17, 15) is 4.79 Å². The van der Waals surface area contributed by atoms with Crippen molar-refractivity contribution in [3.63, 3.8) is 0 Å². The molecule has 4 rings (SSSR count). The van der Waals surface area contributed by atoms with Gasteiger partial charge in [-0.25, -0.2) is 0 Å². The highest BCUT2D eigenvalue weighted by Crippen LogP contribution is 2.19. The fraction of sp³-hybridized carbons (Fsp3) is 0.211. The molecule has 0 aliphatic heterocycles. The molecule has 0 unspecified atom stereocenters. The van der Waals surface area contributed by atoms with Crippen molar-refractivity contribution in [1.82, 2.24) is 15.0 Å². The lowest BCUT2D eigenvalue weighted by Crippen LogP contribution is -2.29. The second-order valence-electron chi connectivity index (χ2n) is 5.90. The van der Waals surface area contributed by atoms with E-state index < -0.39 is 0 Å². The minimum Gasteiger partial charge on any atom is -0.461 e. The molecule has 0 aliphatic rings. The predicted octanol–water partition coefficient (Wildman–Crippen LogP) is 4.61. The summed E-state index contributed by atoms with van der Waals surface area (Å²) in [5.74, 6) is 1.45. The van der Waals surface area contributed by atoms with Crippen LogP contribution in [0.5, 0.6) is 0 Å². The highest BCUT2D eigenvalue weighted by atomic mass is 32.1. The second kappa shape index (κ2) is 8.32. The molecule has 4 aromatic rings. The summed E-state index contributed by atoms with van der Waals surface area (Å²) < 4.78 is 10.5. The number of nitrogens with zero attached hydrogens (tertiary/aromatic N) is 3. The molecule has 0 saturated carbocycles. The predicted molar refractivity (Wildman–Crippen MR) is 103 cm³/mol. The molecule has 0 spiro atoms. The summed E-state index contributed by atoms with van der Waals surface area (Å²) >= 11 is 3.31. The Hall–Kier alpha value is -2.71. The summed E-state index contributed by atoms with van der Waals surface area (Å²) in [5.41, 5.74) is 0. The van der Waals surface area contributed by atoms with E-state index in [2.05, 4.69) is 10.1 Å². The first-order chi connectivity index (χ1) is 13.3. The van der Waals surface area contributed by atoms with Gasteiger partial charge in [0.25, 0.3) is 0 Å². The molecule has 27 heavy (non-hydrogen) atoms. The van der Waals surface area contributed by atoms with Gasteiger partial charge in [0.1, 0.15) is 0 Å². The lowest BCUT2D eigenvalue weighted by molar-refractivity contribution is -0.132. The van der Waals surface area contributed by atoms with Crippen LogP contribution in [0.4, 0.5) is 0 Å². The van der Waals surface area contributed by atoms with Gasteiger partial charge in [-0.1, -0.05) is 17.3 Å². The standard InChI is InChI=1S/C19H17N3O3S2/c23-18(8-7-17-20-19(21-25-17)16-6-1-9-24-16)22(12-14-4-2-10-26-14)13-15-5-3-11-27-15/h1-6,9-11H,7-8,12-13H2. The third-order valence-corrected chi connectivity index (χ3v) is 5.69. The summed E-state index contributed by atoms with van der Waals surface area (Å²) in [4.78, 5) is 21.3. The van der Waals surface area contributed by atoms with Gasteiger partial charge >= 0.3 is 0 Å². The van der Waals surface area contributed by atoms with Crippen molar-refractivity contribution in [2.45, 2.75) is 25.9 Å². The maximum Gasteiger partial charge on any atom is 0.238 e. The Morgan fingerprint density at radius 1 is 1.04 bits per heavy atom. The van der Waals surface area contributed by atoms with Crippen molar-refractivity contribution in [1.29, 1.82) is 0 Å². The number of carbonyl (C=O) groups excluding carboxylic acids is 1. The Morgan fingerprint density at radius 2 is 1.78 bits per heavy atom. The smallest absolute Gasteiger partial charge is 0.238 e. The lowest BCUT2D eigenvalue weighted by Gasteiger charge is -2.21. The van der Waals surface area contributed by atoms with Gasteiger partial charge in [0.2, 0.25) is 17.6 Å². The average Bonchev–Trinajstić information content (AvgIpc) is 3.48. The first-order valence-corrected chi connectivity index (χ1v) is 10.2. The van der Waals surface area contributed by atoms with Gasteiger partial charge in [-0.15, -0.1) is 22.7 Å². The van der Waals surface area contributed by atoms with Crippen molar-refractivity contribution in [2.24, 2.45) is 0 Å². The molecule has 1 amide bonds. The van der Waals surface area contributed by atoms with Gasteiger partial charge in [-0.05, 0) is 35.0 Å². The zero-order valence-electron chi connectivity index (χ0n) is 14.4. The van der Waals surface area contributed by atoms with Gasteiger partial charge in [0.15, 0.2) is 5.76 Å². The molecule has 4 heterocycles. The Kier molecular flexibility index (Phi) is 5.45. The van der Waals surface area contributed by atoms with E-state index in [0.717, 1.165) is 9.75 Å². The summed E-state index contributed by atoms with van der Waals surface area (Å²) in [5, 5.41) is 7.95. The highest BCUT2D eigenvalue weighted by molar-refractivity contribution is 7.10. The number of hydrogen-bond acceptors (Lipinski definition) is 7. The zero-order chi connectivity index (χ0) is 18.5. The van der Waals surface area contributed by atoms with Crippen LogP contribution in [0.2, 0.25) is 0 Å². The number of aryl methyl sites for hydroxylation is 1. The number of amides is 1. The van der Waals surface area contributed by atoms with Crippen LogP contribution in [0.3, 0.4) is 0 Å². The quantitative estimate of drug-likeness (QED) is 0.432. The summed E-state index contributed by atoms with van der Waals surface area (Å²) in [6.45, 7) is 1.21. The molecule has 4 aromatic heterocycles. The molecule has 8 heteroatoms. The number of thiophene rings is 2. The van der Waals surface area contributed by atoms with E-state index in [1.165, 1.54) is 0 Å². The fourth-order valence-electron chi connectivity index (χ4n) is 2.65. The van der Waals surface area contributed by atoms with Crippen molar-refractivity contribution in [2.75, 3.05) is 0 Å². The largest absolute Gasteiger partial charge is 0.461 e. The molecule has 0 fully saturated rings. The zero-order valence-corrected chi connectivity index (χ0v) is 16.0. The average molecular weight is 399 g/mol. The maximum absolute atomic E-state index is 12.8. The SMILES string of the molecule is O=C(CCc1nc(-c2ccco2)no1)N(Cc1cccs1)Cc1cccs1. The number of hydrogen-bond donors (Lipinski definition) is 0. The maximum atomic E-state index is 12.8. The number of aromatic nitrogens is 2. The van der Waals surface area contributed by atoms with E-state index in [1.807, 2.05) is 39.9 Å². The number of carbonyl (C=O) groups is 1. The Bertz CT molecular complexity index is 924. The summed E-state index contributed by atoms with van der Waals surface area (Å²) in [7, 11) is 0. The van der Waals surface area contributed by atoms with Crippen LogP contribution in [-0.2, 0) is 24.3 Å². The van der Waals surface area contributed by atoms with Crippen molar-refractivity contribution >= 4 is 28.6 Å². The first kappa shape index (κ1) is 17.7. The molecule has 0 aromatic carbocycles. The van der Waals surface area contributed by atoms with Gasteiger partial charge in [0.05, 0.1) is 19.4 Å². The molecule has 0 radical (unpaired) electrons. The van der Waals surface area contributed by atoms with Crippen LogP contribution in [0.1, 0.15) is 22.1 Å². The molecular formula is C19H17N3O3S2. The summed E-state index contributed by atoms with van der Waals surface area (Å²) in [6, 6.07) is 11.6. The van der Waals surface area contributed by atoms with Crippen LogP contribution in [0, 0.1) is 0 Å². The lowest BCUT2D eigenvalue weighted by atomic mass is 10.2. The van der Waals surface area contributed by atoms with Crippen molar-refractivity contribution in [3.8, 4) is 11.6 Å². The Morgan fingerprint density at radius 3 is 2.37 bits per heavy atom. The number of furan rings is 1. The van der Waals surface area contributed by atoms with Crippen LogP contribution < -0.4 is 0 Å². The minimum atomic E-state index is 0.0644. The molecule has 0 bridgehead atoms. The molecule has 6 nitrogen and oxygen atoms in total. The van der Waals surface area contributed by atoms with E-state index in [-0.39, 0.29) is 5.91 Å². The normalized spacial score (nSPS) is 11.0. The van der Waals surface area contributed by atoms with Crippen LogP contribution >= 0.6 is 22.7 Å². The van der Waals surface area contributed by atoms with E-state index in [1.54, 1.807) is 41.1 Å². The van der Waals surface area contributed by atoms with Crippen molar-refractivity contribution < 1.29 is 13.7 Å². The number of rotatable bonds is 8. The van der Waals surface area contributed by atoms with Gasteiger partial charge in [-0.2, -0.15) is 4.98 Å². The Labute approximate surface area is 164 Å². The Balaban J connectivity index is 1.40. The topological polar surface area (TPSA) is 72.4 Å². The molecule has 0 atom stereocenters. The summed E-state index contributed by atoms with van der Waals surface area (Å²) in [6.07, 6.45) is 2.27. The molecule has 0 saturated heterocycles. The van der Waals surface area contributed by atoms with Crippen LogP contribution in [-0.4, -0.2) is 20.9 Å². The highest BCUT2D eigenvalue weighted by Gasteiger charge is 2.18. The molecular weight excluding hydrogens is 382 g/mol. The van der Waals surface area contributed by atoms with Crippen molar-refractivity contribution in [3.05, 3.63) is 69.1 Å². The monoisotopic (exact) mass is 399 g/mol. The minimum absolute atomic E-state index is 0.0644. The van der Waals surface area contributed by atoms with Gasteiger partial charge < -0.3 is 13.8 Å². The third-order valence-electron chi connectivity index (χ3n) is 3.97. The van der Waals surface area contributed by atoms with Crippen LogP contribution in [0.25, 0.3) is 11.6 Å². The van der Waals surface area contributed by atoms with E-state index in [0.29, 0.717) is 43.4 Å². The molecule has 0 N–H and O–H groups in total. The van der Waals surface area contributed by atoms with E-state index >= 15 is 0 Å². The molecule has 138 valence electrons. The second-order valence-corrected chi connectivity index (χ2v) is 7.96. The third kappa shape index (κ3) is 4.53. The fourth-order valence-corrected chi connectivity index (χ4v) is 4.09.